The number of fused-ring (bicyclic) bond motifs is 1. The first-order valence-corrected chi connectivity index (χ1v) is 11.0. The van der Waals surface area contributed by atoms with Crippen LogP contribution in [0, 0.1) is 0 Å². The summed E-state index contributed by atoms with van der Waals surface area (Å²) < 4.78 is 16.4. The molecular formula is C20H19FN6O2S2. The molecule has 31 heavy (non-hydrogen) atoms. The number of hydrogen-bond donors (Lipinski definition) is 2. The second kappa shape index (κ2) is 8.92. The van der Waals surface area contributed by atoms with Crippen molar-refractivity contribution >= 4 is 38.8 Å². The Morgan fingerprint density at radius 1 is 1.23 bits per heavy atom. The van der Waals surface area contributed by atoms with E-state index in [4.69, 9.17) is 11.5 Å². The highest BCUT2D eigenvalue weighted by atomic mass is 32.1. The SMILES string of the molecule is NC/C(=C\F)Cn1ncn(Cc2ccc(-c3ccc4sc(CC(N)=O)nc4c3)s2)c1=O. The predicted octanol–water partition coefficient (Wildman–Crippen LogP) is 2.27. The van der Waals surface area contributed by atoms with E-state index in [0.717, 1.165) is 25.5 Å². The summed E-state index contributed by atoms with van der Waals surface area (Å²) in [5.41, 5.74) is 12.5. The molecule has 4 rings (SSSR count). The standard InChI is InChI=1S/C20H19FN6O2S2/c21-7-12(8-22)9-27-20(29)26(11-24-27)10-14-2-4-16(30-14)13-1-3-17-15(5-13)25-19(31-17)6-18(23)28/h1-5,7,11H,6,8-10,22H2,(H2,23,28)/b12-7+. The van der Waals surface area contributed by atoms with E-state index in [9.17, 15) is 14.0 Å². The molecular weight excluding hydrogens is 439 g/mol. The first kappa shape index (κ1) is 21.1. The molecule has 3 heterocycles. The molecule has 160 valence electrons. The number of carbonyl (C=O) groups excluding carboxylic acids is 1. The lowest BCUT2D eigenvalue weighted by molar-refractivity contribution is -0.117. The zero-order valence-electron chi connectivity index (χ0n) is 16.3. The van der Waals surface area contributed by atoms with Crippen LogP contribution in [0.25, 0.3) is 20.7 Å². The Labute approximate surface area is 184 Å². The van der Waals surface area contributed by atoms with Crippen molar-refractivity contribution in [3.05, 3.63) is 68.9 Å². The average Bonchev–Trinajstić information content (AvgIpc) is 3.45. The second-order valence-corrected chi connectivity index (χ2v) is 9.15. The van der Waals surface area contributed by atoms with Crippen LogP contribution in [0.5, 0.6) is 0 Å². The Morgan fingerprint density at radius 3 is 2.81 bits per heavy atom. The molecule has 0 saturated carbocycles. The Morgan fingerprint density at radius 2 is 2.06 bits per heavy atom. The largest absolute Gasteiger partial charge is 0.369 e. The van der Waals surface area contributed by atoms with E-state index in [1.807, 2.05) is 30.3 Å². The van der Waals surface area contributed by atoms with E-state index >= 15 is 0 Å². The van der Waals surface area contributed by atoms with Crippen LogP contribution >= 0.6 is 22.7 Å². The van der Waals surface area contributed by atoms with Gasteiger partial charge in [0, 0.05) is 16.3 Å². The number of amides is 1. The van der Waals surface area contributed by atoms with Crippen LogP contribution in [-0.4, -0.2) is 31.8 Å². The van der Waals surface area contributed by atoms with Gasteiger partial charge in [-0.15, -0.1) is 22.7 Å². The summed E-state index contributed by atoms with van der Waals surface area (Å²) in [5, 5.41) is 4.74. The number of hydrogen-bond acceptors (Lipinski definition) is 7. The van der Waals surface area contributed by atoms with E-state index < -0.39 is 5.91 Å². The van der Waals surface area contributed by atoms with Crippen LogP contribution in [0.3, 0.4) is 0 Å². The van der Waals surface area contributed by atoms with Crippen LogP contribution < -0.4 is 17.2 Å². The van der Waals surface area contributed by atoms with Gasteiger partial charge in [-0.25, -0.2) is 18.9 Å². The summed E-state index contributed by atoms with van der Waals surface area (Å²) in [6.45, 7) is 0.417. The number of carbonyl (C=O) groups is 1. The maximum atomic E-state index is 12.7. The summed E-state index contributed by atoms with van der Waals surface area (Å²) in [4.78, 5) is 30.1. The third-order valence-corrected chi connectivity index (χ3v) is 6.75. The van der Waals surface area contributed by atoms with Gasteiger partial charge < -0.3 is 11.5 Å². The minimum atomic E-state index is -0.402. The summed E-state index contributed by atoms with van der Waals surface area (Å²) in [7, 11) is 0. The number of nitrogens with zero attached hydrogens (tertiary/aromatic N) is 4. The number of thiophene rings is 1. The maximum absolute atomic E-state index is 12.7. The van der Waals surface area contributed by atoms with E-state index in [1.54, 1.807) is 11.3 Å². The van der Waals surface area contributed by atoms with Crippen LogP contribution in [0.15, 0.2) is 53.4 Å². The van der Waals surface area contributed by atoms with Crippen molar-refractivity contribution in [2.45, 2.75) is 19.5 Å². The van der Waals surface area contributed by atoms with Gasteiger partial charge in [0.1, 0.15) is 11.3 Å². The van der Waals surface area contributed by atoms with Gasteiger partial charge in [0.15, 0.2) is 0 Å². The molecule has 0 radical (unpaired) electrons. The molecule has 0 fully saturated rings. The summed E-state index contributed by atoms with van der Waals surface area (Å²) >= 11 is 3.02. The second-order valence-electron chi connectivity index (χ2n) is 6.87. The van der Waals surface area contributed by atoms with Crippen molar-refractivity contribution in [1.82, 2.24) is 19.3 Å². The third-order valence-electron chi connectivity index (χ3n) is 4.60. The number of thiazole rings is 1. The number of primary amides is 1. The molecule has 0 unspecified atom stereocenters. The fraction of sp³-hybridized carbons (Fsp3) is 0.200. The number of benzene rings is 1. The smallest absolute Gasteiger partial charge is 0.346 e. The lowest BCUT2D eigenvalue weighted by Crippen LogP contribution is -2.26. The molecule has 0 aliphatic rings. The van der Waals surface area contributed by atoms with Crippen LogP contribution in [0.1, 0.15) is 9.88 Å². The number of rotatable bonds is 8. The Hall–Kier alpha value is -3.15. The Balaban J connectivity index is 1.53. The monoisotopic (exact) mass is 458 g/mol. The van der Waals surface area contributed by atoms with E-state index in [2.05, 4.69) is 10.1 Å². The molecule has 0 saturated heterocycles. The Bertz CT molecular complexity index is 1330. The topological polar surface area (TPSA) is 122 Å². The molecule has 11 heteroatoms. The van der Waals surface area contributed by atoms with Crippen molar-refractivity contribution < 1.29 is 9.18 Å². The van der Waals surface area contributed by atoms with Crippen molar-refractivity contribution in [3.63, 3.8) is 0 Å². The third kappa shape index (κ3) is 4.63. The molecule has 0 bridgehead atoms. The molecule has 1 aromatic carbocycles. The van der Waals surface area contributed by atoms with Crippen LogP contribution in [0.2, 0.25) is 0 Å². The molecule has 0 aliphatic heterocycles. The summed E-state index contributed by atoms with van der Waals surface area (Å²) in [6, 6.07) is 9.92. The first-order valence-electron chi connectivity index (χ1n) is 9.34. The van der Waals surface area contributed by atoms with Crippen LogP contribution in [0.4, 0.5) is 4.39 Å². The van der Waals surface area contributed by atoms with Gasteiger partial charge in [-0.2, -0.15) is 5.10 Å². The van der Waals surface area contributed by atoms with Gasteiger partial charge in [0.05, 0.1) is 36.1 Å². The molecule has 4 N–H and O–H groups in total. The molecule has 0 spiro atoms. The normalized spacial score (nSPS) is 12.0. The maximum Gasteiger partial charge on any atom is 0.346 e. The molecule has 0 aliphatic carbocycles. The minimum Gasteiger partial charge on any atom is -0.369 e. The molecule has 8 nitrogen and oxygen atoms in total. The van der Waals surface area contributed by atoms with E-state index in [1.165, 1.54) is 26.9 Å². The molecule has 4 aromatic rings. The Kier molecular flexibility index (Phi) is 6.07. The first-order chi connectivity index (χ1) is 15.0. The van der Waals surface area contributed by atoms with E-state index in [0.29, 0.717) is 23.5 Å². The van der Waals surface area contributed by atoms with Gasteiger partial charge in [-0.3, -0.25) is 9.36 Å². The zero-order chi connectivity index (χ0) is 22.0. The van der Waals surface area contributed by atoms with Gasteiger partial charge in [-0.05, 0) is 35.4 Å². The molecule has 1 amide bonds. The van der Waals surface area contributed by atoms with Crippen molar-refractivity contribution in [2.24, 2.45) is 11.5 Å². The van der Waals surface area contributed by atoms with Crippen molar-refractivity contribution in [3.8, 4) is 10.4 Å². The highest BCUT2D eigenvalue weighted by Crippen LogP contribution is 2.32. The lowest BCUT2D eigenvalue weighted by Gasteiger charge is -2.01. The lowest BCUT2D eigenvalue weighted by atomic mass is 10.2. The zero-order valence-corrected chi connectivity index (χ0v) is 18.0. The quantitative estimate of drug-likeness (QED) is 0.419. The number of aromatic nitrogens is 4. The fourth-order valence-corrected chi connectivity index (χ4v) is 5.02. The van der Waals surface area contributed by atoms with Gasteiger partial charge in [0.2, 0.25) is 5.91 Å². The van der Waals surface area contributed by atoms with Crippen molar-refractivity contribution in [1.29, 1.82) is 0 Å². The highest BCUT2D eigenvalue weighted by molar-refractivity contribution is 7.18. The predicted molar refractivity (Wildman–Crippen MR) is 120 cm³/mol. The average molecular weight is 459 g/mol. The summed E-state index contributed by atoms with van der Waals surface area (Å²) in [6.07, 6.45) is 1.98. The number of nitrogens with two attached hydrogens (primary N) is 2. The van der Waals surface area contributed by atoms with Crippen LogP contribution in [-0.2, 0) is 24.3 Å². The number of halogens is 1. The minimum absolute atomic E-state index is 0.0252. The fourth-order valence-electron chi connectivity index (χ4n) is 3.06. The van der Waals surface area contributed by atoms with Gasteiger partial charge >= 0.3 is 5.69 Å². The van der Waals surface area contributed by atoms with Gasteiger partial charge in [0.25, 0.3) is 0 Å². The summed E-state index contributed by atoms with van der Waals surface area (Å²) in [5.74, 6) is -0.402. The van der Waals surface area contributed by atoms with Gasteiger partial charge in [-0.1, -0.05) is 6.07 Å². The highest BCUT2D eigenvalue weighted by Gasteiger charge is 2.11. The van der Waals surface area contributed by atoms with Crippen molar-refractivity contribution in [2.75, 3.05) is 6.54 Å². The molecule has 3 aromatic heterocycles. The van der Waals surface area contributed by atoms with E-state index in [-0.39, 0.29) is 25.2 Å². The molecule has 0 atom stereocenters.